The van der Waals surface area contributed by atoms with Crippen molar-refractivity contribution in [2.75, 3.05) is 20.3 Å². The zero-order valence-electron chi connectivity index (χ0n) is 9.88. The van der Waals surface area contributed by atoms with E-state index in [0.29, 0.717) is 5.92 Å². The predicted octanol–water partition coefficient (Wildman–Crippen LogP) is 3.28. The van der Waals surface area contributed by atoms with Gasteiger partial charge in [-0.15, -0.1) is 0 Å². The number of hydrogen-bond donors (Lipinski definition) is 1. The van der Waals surface area contributed by atoms with Crippen LogP contribution >= 0.6 is 15.9 Å². The van der Waals surface area contributed by atoms with Crippen molar-refractivity contribution < 1.29 is 9.13 Å². The summed E-state index contributed by atoms with van der Waals surface area (Å²) in [6.45, 7) is 1.60. The molecule has 0 radical (unpaired) electrons. The summed E-state index contributed by atoms with van der Waals surface area (Å²) in [5, 5.41) is 3.28. The molecule has 0 saturated carbocycles. The average molecular weight is 302 g/mol. The van der Waals surface area contributed by atoms with E-state index in [1.54, 1.807) is 6.07 Å². The topological polar surface area (TPSA) is 21.3 Å². The van der Waals surface area contributed by atoms with Crippen LogP contribution in [0.2, 0.25) is 0 Å². The van der Waals surface area contributed by atoms with Gasteiger partial charge < -0.3 is 10.1 Å². The molecule has 1 saturated heterocycles. The molecule has 2 nitrogen and oxygen atoms in total. The maximum Gasteiger partial charge on any atom is 0.124 e. The van der Waals surface area contributed by atoms with Gasteiger partial charge in [0, 0.05) is 23.0 Å². The molecule has 2 unspecified atom stereocenters. The molecule has 1 heterocycles. The van der Waals surface area contributed by atoms with Gasteiger partial charge in [0.1, 0.15) is 5.82 Å². The van der Waals surface area contributed by atoms with E-state index in [9.17, 15) is 4.39 Å². The van der Waals surface area contributed by atoms with Crippen LogP contribution in [0.15, 0.2) is 22.7 Å². The van der Waals surface area contributed by atoms with Crippen LogP contribution in [0.1, 0.15) is 24.4 Å². The Morgan fingerprint density at radius 2 is 2.29 bits per heavy atom. The van der Waals surface area contributed by atoms with Gasteiger partial charge in [0.05, 0.1) is 6.61 Å². The SMILES string of the molecule is CNC(c1cc(F)cc(Br)c1)C1CCCOC1. The summed E-state index contributed by atoms with van der Waals surface area (Å²) in [5.41, 5.74) is 0.981. The van der Waals surface area contributed by atoms with E-state index in [4.69, 9.17) is 4.74 Å². The van der Waals surface area contributed by atoms with E-state index in [2.05, 4.69) is 21.2 Å². The first-order chi connectivity index (χ1) is 8.20. The minimum Gasteiger partial charge on any atom is -0.381 e. The van der Waals surface area contributed by atoms with E-state index in [-0.39, 0.29) is 11.9 Å². The van der Waals surface area contributed by atoms with Crippen LogP contribution in [0, 0.1) is 11.7 Å². The summed E-state index contributed by atoms with van der Waals surface area (Å²) in [4.78, 5) is 0. The highest BCUT2D eigenvalue weighted by molar-refractivity contribution is 9.10. The Hall–Kier alpha value is -0.450. The minimum atomic E-state index is -0.202. The molecule has 1 N–H and O–H groups in total. The molecule has 1 aliphatic rings. The molecule has 1 aromatic rings. The lowest BCUT2D eigenvalue weighted by Gasteiger charge is -2.30. The van der Waals surface area contributed by atoms with Crippen molar-refractivity contribution in [2.45, 2.75) is 18.9 Å². The number of hydrogen-bond acceptors (Lipinski definition) is 2. The summed E-state index contributed by atoms with van der Waals surface area (Å²) >= 11 is 3.34. The fraction of sp³-hybridized carbons (Fsp3) is 0.538. The zero-order valence-corrected chi connectivity index (χ0v) is 11.5. The van der Waals surface area contributed by atoms with E-state index in [1.165, 1.54) is 6.07 Å². The quantitative estimate of drug-likeness (QED) is 0.925. The van der Waals surface area contributed by atoms with Gasteiger partial charge in [-0.2, -0.15) is 0 Å². The predicted molar refractivity (Wildman–Crippen MR) is 69.4 cm³/mol. The number of halogens is 2. The molecular weight excluding hydrogens is 285 g/mol. The molecule has 0 aromatic heterocycles. The smallest absolute Gasteiger partial charge is 0.124 e. The van der Waals surface area contributed by atoms with Gasteiger partial charge in [-0.1, -0.05) is 15.9 Å². The molecule has 1 aliphatic heterocycles. The van der Waals surface area contributed by atoms with E-state index < -0.39 is 0 Å². The fourth-order valence-electron chi connectivity index (χ4n) is 2.46. The van der Waals surface area contributed by atoms with Crippen molar-refractivity contribution in [1.82, 2.24) is 5.32 Å². The van der Waals surface area contributed by atoms with Gasteiger partial charge in [-0.05, 0) is 43.7 Å². The van der Waals surface area contributed by atoms with Gasteiger partial charge in [0.15, 0.2) is 0 Å². The third-order valence-corrected chi connectivity index (χ3v) is 3.68. The number of rotatable bonds is 3. The summed E-state index contributed by atoms with van der Waals surface area (Å²) in [5.74, 6) is 0.216. The first-order valence-electron chi connectivity index (χ1n) is 5.91. The van der Waals surface area contributed by atoms with Crippen LogP contribution in [-0.4, -0.2) is 20.3 Å². The Balaban J connectivity index is 2.21. The highest BCUT2D eigenvalue weighted by Gasteiger charge is 2.24. The molecule has 1 fully saturated rings. The second-order valence-corrected chi connectivity index (χ2v) is 5.36. The lowest BCUT2D eigenvalue weighted by molar-refractivity contribution is 0.0401. The summed E-state index contributed by atoms with van der Waals surface area (Å²) in [6.07, 6.45) is 2.21. The van der Waals surface area contributed by atoms with Crippen LogP contribution < -0.4 is 5.32 Å². The van der Waals surface area contributed by atoms with E-state index >= 15 is 0 Å². The maximum absolute atomic E-state index is 13.4. The summed E-state index contributed by atoms with van der Waals surface area (Å²) < 4.78 is 19.7. The monoisotopic (exact) mass is 301 g/mol. The van der Waals surface area contributed by atoms with E-state index in [1.807, 2.05) is 13.1 Å². The first-order valence-corrected chi connectivity index (χ1v) is 6.71. The second-order valence-electron chi connectivity index (χ2n) is 4.45. The Labute approximate surface area is 110 Å². The molecule has 2 atom stereocenters. The van der Waals surface area contributed by atoms with Crippen molar-refractivity contribution in [1.29, 1.82) is 0 Å². The molecule has 0 bridgehead atoms. The third-order valence-electron chi connectivity index (χ3n) is 3.22. The lowest BCUT2D eigenvalue weighted by atomic mass is 9.89. The molecule has 94 valence electrons. The van der Waals surface area contributed by atoms with Crippen LogP contribution in [-0.2, 0) is 4.74 Å². The van der Waals surface area contributed by atoms with Gasteiger partial charge >= 0.3 is 0 Å². The third kappa shape index (κ3) is 3.27. The number of nitrogens with one attached hydrogen (secondary N) is 1. The van der Waals surface area contributed by atoms with Crippen molar-refractivity contribution in [3.05, 3.63) is 34.1 Å². The van der Waals surface area contributed by atoms with Crippen LogP contribution in [0.5, 0.6) is 0 Å². The maximum atomic E-state index is 13.4. The molecule has 2 rings (SSSR count). The summed E-state index contributed by atoms with van der Waals surface area (Å²) in [6, 6.07) is 5.20. The Kier molecular flexibility index (Phi) is 4.54. The van der Waals surface area contributed by atoms with Crippen molar-refractivity contribution >= 4 is 15.9 Å². The van der Waals surface area contributed by atoms with Gasteiger partial charge in [0.25, 0.3) is 0 Å². The van der Waals surface area contributed by atoms with Gasteiger partial charge in [0.2, 0.25) is 0 Å². The lowest BCUT2D eigenvalue weighted by Crippen LogP contribution is -2.31. The molecular formula is C13H17BrFNO. The van der Waals surface area contributed by atoms with Crippen LogP contribution in [0.3, 0.4) is 0 Å². The highest BCUT2D eigenvalue weighted by Crippen LogP contribution is 2.30. The van der Waals surface area contributed by atoms with Crippen molar-refractivity contribution in [2.24, 2.45) is 5.92 Å². The molecule has 0 spiro atoms. The number of benzene rings is 1. The normalized spacial score (nSPS) is 22.4. The largest absolute Gasteiger partial charge is 0.381 e. The average Bonchev–Trinajstić information content (AvgIpc) is 2.30. The van der Waals surface area contributed by atoms with Gasteiger partial charge in [-0.3, -0.25) is 0 Å². The van der Waals surface area contributed by atoms with Gasteiger partial charge in [-0.25, -0.2) is 4.39 Å². The standard InChI is InChI=1S/C13H17BrFNO/c1-16-13(9-3-2-4-17-8-9)10-5-11(14)7-12(15)6-10/h5-7,9,13,16H,2-4,8H2,1H3. The van der Waals surface area contributed by atoms with Crippen molar-refractivity contribution in [3.8, 4) is 0 Å². The number of ether oxygens (including phenoxy) is 1. The zero-order chi connectivity index (χ0) is 12.3. The molecule has 0 aliphatic carbocycles. The highest BCUT2D eigenvalue weighted by atomic mass is 79.9. The molecule has 0 amide bonds. The fourth-order valence-corrected chi connectivity index (χ4v) is 2.94. The molecule has 17 heavy (non-hydrogen) atoms. The van der Waals surface area contributed by atoms with Crippen LogP contribution in [0.4, 0.5) is 4.39 Å². The molecule has 1 aromatic carbocycles. The van der Waals surface area contributed by atoms with Crippen LogP contribution in [0.25, 0.3) is 0 Å². The van der Waals surface area contributed by atoms with E-state index in [0.717, 1.165) is 36.1 Å². The Morgan fingerprint density at radius 1 is 1.47 bits per heavy atom. The summed E-state index contributed by atoms with van der Waals surface area (Å²) in [7, 11) is 1.91. The Bertz CT molecular complexity index is 359. The second kappa shape index (κ2) is 5.94. The first kappa shape index (κ1) is 13.0. The van der Waals surface area contributed by atoms with Crippen molar-refractivity contribution in [3.63, 3.8) is 0 Å². The molecule has 4 heteroatoms. The Morgan fingerprint density at radius 3 is 2.88 bits per heavy atom. The minimum absolute atomic E-state index is 0.155.